The average molecular weight is 354 g/mol. The topological polar surface area (TPSA) is 83.6 Å². The highest BCUT2D eigenvalue weighted by Crippen LogP contribution is 2.39. The van der Waals surface area contributed by atoms with E-state index in [0.717, 1.165) is 27.7 Å². The summed E-state index contributed by atoms with van der Waals surface area (Å²) in [4.78, 5) is 15.0. The van der Waals surface area contributed by atoms with Crippen molar-refractivity contribution in [1.82, 2.24) is 10.3 Å². The fraction of sp³-hybridized carbons (Fsp3) is 0.211. The molecular weight excluding hydrogens is 339 g/mol. The quantitative estimate of drug-likeness (QED) is 0.659. The smallest absolute Gasteiger partial charge is 0.321 e. The number of carboxylic acid groups (broad SMARTS) is 1. The van der Waals surface area contributed by atoms with Gasteiger partial charge in [0.1, 0.15) is 11.9 Å². The lowest BCUT2D eigenvalue weighted by molar-refractivity contribution is -0.139. The third-order valence-electron chi connectivity index (χ3n) is 4.99. The summed E-state index contributed by atoms with van der Waals surface area (Å²) in [5.74, 6) is 0.0141. The van der Waals surface area contributed by atoms with E-state index >= 15 is 0 Å². The van der Waals surface area contributed by atoms with Crippen LogP contribution in [0.1, 0.15) is 22.9 Å². The van der Waals surface area contributed by atoms with Gasteiger partial charge in [0.05, 0.1) is 6.04 Å². The number of aliphatic carboxylic acids is 1. The number of aromatic nitrogens is 1. The zero-order valence-corrected chi connectivity index (χ0v) is 13.6. The van der Waals surface area contributed by atoms with Crippen LogP contribution in [0.15, 0.2) is 36.4 Å². The highest BCUT2D eigenvalue weighted by atomic mass is 19.1. The molecule has 132 valence electrons. The standard InChI is InChI=1S/C19H15FN2O4/c20-10-2-3-13-11(6-10)12-7-14(19(23)24)22-17(18(12)21-13)9-1-4-15-16(5-9)26-8-25-15/h1-6,14,17,21-22H,7-8H2,(H,23,24). The minimum Gasteiger partial charge on any atom is -0.480 e. The molecule has 2 unspecified atom stereocenters. The molecule has 0 bridgehead atoms. The summed E-state index contributed by atoms with van der Waals surface area (Å²) in [6.45, 7) is 0.172. The summed E-state index contributed by atoms with van der Waals surface area (Å²) in [6.07, 6.45) is 0.287. The largest absolute Gasteiger partial charge is 0.480 e. The Balaban J connectivity index is 1.68. The Hall–Kier alpha value is -3.06. The number of fused-ring (bicyclic) bond motifs is 4. The molecule has 2 aliphatic heterocycles. The van der Waals surface area contributed by atoms with Crippen LogP contribution in [0, 0.1) is 5.82 Å². The number of ether oxygens (including phenoxy) is 2. The van der Waals surface area contributed by atoms with Crippen molar-refractivity contribution in [1.29, 1.82) is 0 Å². The molecule has 1 aromatic heterocycles. The SMILES string of the molecule is O=C(O)C1Cc2c([nH]c3ccc(F)cc23)C(c2ccc3c(c2)OCO3)N1. The number of hydrogen-bond donors (Lipinski definition) is 3. The molecule has 0 fully saturated rings. The average Bonchev–Trinajstić information content (AvgIpc) is 3.24. The molecule has 3 aromatic rings. The van der Waals surface area contributed by atoms with E-state index in [1.807, 2.05) is 18.2 Å². The van der Waals surface area contributed by atoms with Gasteiger partial charge in [-0.25, -0.2) is 4.39 Å². The zero-order valence-electron chi connectivity index (χ0n) is 13.6. The maximum absolute atomic E-state index is 13.7. The molecule has 2 aromatic carbocycles. The lowest BCUT2D eigenvalue weighted by atomic mass is 9.90. The van der Waals surface area contributed by atoms with E-state index in [-0.39, 0.29) is 25.1 Å². The predicted molar refractivity (Wildman–Crippen MR) is 90.9 cm³/mol. The molecule has 0 saturated heterocycles. The number of carboxylic acids is 1. The molecule has 2 aliphatic rings. The van der Waals surface area contributed by atoms with Crippen molar-refractivity contribution in [3.05, 3.63) is 59.0 Å². The number of hydrogen-bond acceptors (Lipinski definition) is 4. The molecule has 0 amide bonds. The van der Waals surface area contributed by atoms with Crippen molar-refractivity contribution in [2.45, 2.75) is 18.5 Å². The minimum atomic E-state index is -0.938. The maximum Gasteiger partial charge on any atom is 0.321 e. The van der Waals surface area contributed by atoms with Gasteiger partial charge in [0.15, 0.2) is 11.5 Å². The summed E-state index contributed by atoms with van der Waals surface area (Å²) < 4.78 is 24.5. The molecule has 6 nitrogen and oxygen atoms in total. The third kappa shape index (κ3) is 2.24. The molecule has 7 heteroatoms. The zero-order chi connectivity index (χ0) is 17.8. The van der Waals surface area contributed by atoms with Crippen molar-refractivity contribution in [3.8, 4) is 11.5 Å². The highest BCUT2D eigenvalue weighted by Gasteiger charge is 2.34. The lowest BCUT2D eigenvalue weighted by Gasteiger charge is -2.29. The van der Waals surface area contributed by atoms with Gasteiger partial charge in [0.2, 0.25) is 6.79 Å². The first-order chi connectivity index (χ1) is 12.6. The summed E-state index contributed by atoms with van der Waals surface area (Å²) >= 11 is 0. The second-order valence-electron chi connectivity index (χ2n) is 6.51. The molecule has 0 saturated carbocycles. The maximum atomic E-state index is 13.7. The fourth-order valence-electron chi connectivity index (χ4n) is 3.77. The van der Waals surface area contributed by atoms with E-state index in [1.54, 1.807) is 6.07 Å². The molecule has 2 atom stereocenters. The number of halogens is 1. The minimum absolute atomic E-state index is 0.172. The van der Waals surface area contributed by atoms with Crippen LogP contribution in [-0.2, 0) is 11.2 Å². The first-order valence-corrected chi connectivity index (χ1v) is 8.28. The molecule has 0 aliphatic carbocycles. The van der Waals surface area contributed by atoms with E-state index in [4.69, 9.17) is 9.47 Å². The van der Waals surface area contributed by atoms with Gasteiger partial charge < -0.3 is 19.6 Å². The van der Waals surface area contributed by atoms with Gasteiger partial charge in [-0.1, -0.05) is 6.07 Å². The van der Waals surface area contributed by atoms with Gasteiger partial charge in [-0.3, -0.25) is 10.1 Å². The molecule has 5 rings (SSSR count). The van der Waals surface area contributed by atoms with Crippen LogP contribution >= 0.6 is 0 Å². The second kappa shape index (κ2) is 5.47. The summed E-state index contributed by atoms with van der Waals surface area (Å²) in [6, 6.07) is 8.92. The Morgan fingerprint density at radius 3 is 2.85 bits per heavy atom. The summed E-state index contributed by atoms with van der Waals surface area (Å²) in [5.41, 5.74) is 3.32. The summed E-state index contributed by atoms with van der Waals surface area (Å²) in [7, 11) is 0. The van der Waals surface area contributed by atoms with Crippen LogP contribution in [-0.4, -0.2) is 28.9 Å². The van der Waals surface area contributed by atoms with Gasteiger partial charge >= 0.3 is 5.97 Å². The molecule has 0 radical (unpaired) electrons. The van der Waals surface area contributed by atoms with Gasteiger partial charge in [0.25, 0.3) is 0 Å². The predicted octanol–water partition coefficient (Wildman–Crippen LogP) is 2.72. The van der Waals surface area contributed by atoms with Gasteiger partial charge in [0, 0.05) is 23.0 Å². The van der Waals surface area contributed by atoms with Crippen LogP contribution in [0.3, 0.4) is 0 Å². The van der Waals surface area contributed by atoms with Gasteiger partial charge in [-0.2, -0.15) is 0 Å². The van der Waals surface area contributed by atoms with E-state index in [1.165, 1.54) is 12.1 Å². The monoisotopic (exact) mass is 354 g/mol. The number of carbonyl (C=O) groups is 1. The number of benzene rings is 2. The van der Waals surface area contributed by atoms with Gasteiger partial charge in [-0.15, -0.1) is 0 Å². The molecule has 26 heavy (non-hydrogen) atoms. The molecule has 0 spiro atoms. The van der Waals surface area contributed by atoms with Crippen molar-refractivity contribution in [3.63, 3.8) is 0 Å². The fourth-order valence-corrected chi connectivity index (χ4v) is 3.77. The molecule has 3 N–H and O–H groups in total. The Kier molecular flexibility index (Phi) is 3.20. The van der Waals surface area contributed by atoms with Crippen molar-refractivity contribution < 1.29 is 23.8 Å². The summed E-state index contributed by atoms with van der Waals surface area (Å²) in [5, 5.41) is 13.4. The normalized spacial score (nSPS) is 21.0. The second-order valence-corrected chi connectivity index (χ2v) is 6.51. The number of aromatic amines is 1. The number of nitrogens with one attached hydrogen (secondary N) is 2. The molecule has 3 heterocycles. The van der Waals surface area contributed by atoms with Crippen LogP contribution in [0.4, 0.5) is 4.39 Å². The third-order valence-corrected chi connectivity index (χ3v) is 4.99. The Labute approximate surface area is 147 Å². The van der Waals surface area contributed by atoms with Crippen LogP contribution in [0.25, 0.3) is 10.9 Å². The molecular formula is C19H15FN2O4. The number of H-pyrrole nitrogens is 1. The Bertz CT molecular complexity index is 1050. The Morgan fingerprint density at radius 1 is 1.15 bits per heavy atom. The lowest BCUT2D eigenvalue weighted by Crippen LogP contribution is -2.44. The van der Waals surface area contributed by atoms with Crippen LogP contribution in [0.5, 0.6) is 11.5 Å². The van der Waals surface area contributed by atoms with E-state index in [2.05, 4.69) is 10.3 Å². The van der Waals surface area contributed by atoms with E-state index < -0.39 is 12.0 Å². The first kappa shape index (κ1) is 15.2. The first-order valence-electron chi connectivity index (χ1n) is 8.28. The van der Waals surface area contributed by atoms with Crippen molar-refractivity contribution in [2.75, 3.05) is 6.79 Å². The van der Waals surface area contributed by atoms with Crippen LogP contribution in [0.2, 0.25) is 0 Å². The highest BCUT2D eigenvalue weighted by molar-refractivity contribution is 5.87. The van der Waals surface area contributed by atoms with Crippen LogP contribution < -0.4 is 14.8 Å². The van der Waals surface area contributed by atoms with E-state index in [0.29, 0.717) is 11.5 Å². The van der Waals surface area contributed by atoms with Gasteiger partial charge in [-0.05, 0) is 41.5 Å². The van der Waals surface area contributed by atoms with E-state index in [9.17, 15) is 14.3 Å². The number of rotatable bonds is 2. The van der Waals surface area contributed by atoms with Crippen molar-refractivity contribution >= 4 is 16.9 Å². The Morgan fingerprint density at radius 2 is 2.00 bits per heavy atom. The van der Waals surface area contributed by atoms with Crippen molar-refractivity contribution in [2.24, 2.45) is 0 Å².